The van der Waals surface area contributed by atoms with E-state index in [1.807, 2.05) is 6.92 Å². The number of nitrogens with zero attached hydrogens (tertiary/aromatic N) is 3. The van der Waals surface area contributed by atoms with Crippen molar-refractivity contribution in [2.75, 3.05) is 12.3 Å². The van der Waals surface area contributed by atoms with E-state index < -0.39 is 10.0 Å². The summed E-state index contributed by atoms with van der Waals surface area (Å²) in [6, 6.07) is 2.88. The van der Waals surface area contributed by atoms with E-state index >= 15 is 0 Å². The second-order valence-electron chi connectivity index (χ2n) is 5.67. The Balaban J connectivity index is 2.09. The normalized spacial score (nSPS) is 20.5. The molecular formula is C14H20N4O3S. The van der Waals surface area contributed by atoms with Crippen molar-refractivity contribution in [2.45, 2.75) is 39.2 Å². The first-order valence-corrected chi connectivity index (χ1v) is 9.12. The van der Waals surface area contributed by atoms with E-state index in [9.17, 15) is 13.2 Å². The van der Waals surface area contributed by atoms with Crippen LogP contribution in [0.1, 0.15) is 43.6 Å². The maximum absolute atomic E-state index is 12.3. The van der Waals surface area contributed by atoms with Crippen LogP contribution in [-0.4, -0.2) is 39.6 Å². The predicted octanol–water partition coefficient (Wildman–Crippen LogP) is 1.21. The van der Waals surface area contributed by atoms with Crippen LogP contribution in [0.3, 0.4) is 0 Å². The van der Waals surface area contributed by atoms with Crippen molar-refractivity contribution < 1.29 is 8.42 Å². The largest absolute Gasteiger partial charge is 0.294 e. The molecule has 0 aliphatic carbocycles. The van der Waals surface area contributed by atoms with E-state index in [4.69, 9.17) is 0 Å². The molecule has 0 bridgehead atoms. The Bertz CT molecular complexity index is 853. The molecule has 8 heteroatoms. The highest BCUT2D eigenvalue weighted by Gasteiger charge is 2.33. The van der Waals surface area contributed by atoms with Gasteiger partial charge in [-0.2, -0.15) is 4.31 Å². The van der Waals surface area contributed by atoms with E-state index in [1.54, 1.807) is 13.0 Å². The monoisotopic (exact) mass is 324 g/mol. The van der Waals surface area contributed by atoms with Gasteiger partial charge in [-0.1, -0.05) is 6.42 Å². The van der Waals surface area contributed by atoms with Gasteiger partial charge in [-0.05, 0) is 26.7 Å². The van der Waals surface area contributed by atoms with Crippen molar-refractivity contribution in [1.82, 2.24) is 18.9 Å². The summed E-state index contributed by atoms with van der Waals surface area (Å²) in [5.41, 5.74) is 1.69. The summed E-state index contributed by atoms with van der Waals surface area (Å²) in [6.07, 6.45) is 2.49. The van der Waals surface area contributed by atoms with Crippen LogP contribution in [0.4, 0.5) is 0 Å². The van der Waals surface area contributed by atoms with Gasteiger partial charge in [-0.25, -0.2) is 17.9 Å². The van der Waals surface area contributed by atoms with Crippen LogP contribution in [-0.2, 0) is 10.0 Å². The van der Waals surface area contributed by atoms with Crippen LogP contribution in [0.2, 0.25) is 0 Å². The molecule has 1 saturated heterocycles. The Labute approximate surface area is 129 Å². The van der Waals surface area contributed by atoms with Gasteiger partial charge in [-0.15, -0.1) is 0 Å². The summed E-state index contributed by atoms with van der Waals surface area (Å²) in [5, 5.41) is 2.92. The molecule has 0 saturated carbocycles. The summed E-state index contributed by atoms with van der Waals surface area (Å²) in [4.78, 5) is 16.7. The van der Waals surface area contributed by atoms with Crippen molar-refractivity contribution in [3.05, 3.63) is 33.9 Å². The van der Waals surface area contributed by atoms with Crippen LogP contribution < -0.4 is 5.56 Å². The Morgan fingerprint density at radius 3 is 2.86 bits per heavy atom. The molecule has 1 atom stereocenters. The fourth-order valence-electron chi connectivity index (χ4n) is 3.00. The van der Waals surface area contributed by atoms with Gasteiger partial charge in [0.1, 0.15) is 0 Å². The molecule has 0 aromatic carbocycles. The van der Waals surface area contributed by atoms with Crippen molar-refractivity contribution in [3.63, 3.8) is 0 Å². The third-order valence-electron chi connectivity index (χ3n) is 4.12. The van der Waals surface area contributed by atoms with E-state index in [2.05, 4.69) is 10.1 Å². The molecule has 3 rings (SSSR count). The van der Waals surface area contributed by atoms with Crippen LogP contribution in [0.25, 0.3) is 5.65 Å². The molecule has 1 fully saturated rings. The topological polar surface area (TPSA) is 87.5 Å². The lowest BCUT2D eigenvalue weighted by molar-refractivity contribution is 0.252. The number of piperidine rings is 1. The first kappa shape index (κ1) is 15.2. The second-order valence-corrected chi connectivity index (χ2v) is 7.89. The van der Waals surface area contributed by atoms with E-state index in [0.29, 0.717) is 24.3 Å². The lowest BCUT2D eigenvalue weighted by Gasteiger charge is -2.33. The maximum atomic E-state index is 12.3. The van der Waals surface area contributed by atoms with E-state index in [-0.39, 0.29) is 17.4 Å². The number of nitrogens with one attached hydrogen (secondary N) is 1. The number of aromatic amines is 1. The van der Waals surface area contributed by atoms with Gasteiger partial charge in [0.2, 0.25) is 10.0 Å². The first-order chi connectivity index (χ1) is 10.4. The van der Waals surface area contributed by atoms with Crippen molar-refractivity contribution in [2.24, 2.45) is 0 Å². The lowest BCUT2D eigenvalue weighted by Crippen LogP contribution is -2.40. The number of hydrogen-bond acceptors (Lipinski definition) is 4. The molecule has 0 radical (unpaired) electrons. The van der Waals surface area contributed by atoms with Crippen molar-refractivity contribution in [1.29, 1.82) is 0 Å². The van der Waals surface area contributed by atoms with Gasteiger partial charge in [0.25, 0.3) is 5.56 Å². The Kier molecular flexibility index (Phi) is 3.82. The summed E-state index contributed by atoms with van der Waals surface area (Å²) in [5.74, 6) is 0.0635. The van der Waals surface area contributed by atoms with Crippen LogP contribution in [0.5, 0.6) is 0 Å². The molecule has 3 heterocycles. The van der Waals surface area contributed by atoms with E-state index in [1.165, 1.54) is 14.9 Å². The smallest absolute Gasteiger partial charge is 0.272 e. The minimum Gasteiger partial charge on any atom is -0.294 e. The number of sulfonamides is 1. The zero-order valence-electron chi connectivity index (χ0n) is 12.7. The molecule has 1 aliphatic rings. The SMILES string of the molecule is CCS(=O)(=O)N1CCCC[C@@H]1c1cc(=O)n2[nH]c(C)cc2n1. The third kappa shape index (κ3) is 2.56. The molecule has 2 aromatic rings. The van der Waals surface area contributed by atoms with Crippen molar-refractivity contribution in [3.8, 4) is 0 Å². The number of rotatable bonds is 3. The molecule has 1 N–H and O–H groups in total. The van der Waals surface area contributed by atoms with Crippen LogP contribution >= 0.6 is 0 Å². The highest BCUT2D eigenvalue weighted by molar-refractivity contribution is 7.89. The highest BCUT2D eigenvalue weighted by Crippen LogP contribution is 2.32. The Hall–Kier alpha value is -1.67. The van der Waals surface area contributed by atoms with Crippen LogP contribution in [0, 0.1) is 6.92 Å². The van der Waals surface area contributed by atoms with Gasteiger partial charge in [0.05, 0.1) is 17.5 Å². The average Bonchev–Trinajstić information content (AvgIpc) is 2.88. The summed E-state index contributed by atoms with van der Waals surface area (Å²) in [7, 11) is -3.30. The minimum absolute atomic E-state index is 0.0635. The number of fused-ring (bicyclic) bond motifs is 1. The first-order valence-electron chi connectivity index (χ1n) is 7.51. The zero-order valence-corrected chi connectivity index (χ0v) is 13.6. The van der Waals surface area contributed by atoms with E-state index in [0.717, 1.165) is 18.5 Å². The van der Waals surface area contributed by atoms with Crippen LogP contribution in [0.15, 0.2) is 16.9 Å². The quantitative estimate of drug-likeness (QED) is 0.919. The Morgan fingerprint density at radius 1 is 1.36 bits per heavy atom. The summed E-state index contributed by atoms with van der Waals surface area (Å²) >= 11 is 0. The molecule has 22 heavy (non-hydrogen) atoms. The third-order valence-corrected chi connectivity index (χ3v) is 6.00. The molecule has 2 aromatic heterocycles. The number of hydrogen-bond donors (Lipinski definition) is 1. The number of H-pyrrole nitrogens is 1. The number of aromatic nitrogens is 3. The highest BCUT2D eigenvalue weighted by atomic mass is 32.2. The molecule has 120 valence electrons. The minimum atomic E-state index is -3.30. The van der Waals surface area contributed by atoms with Gasteiger partial charge in [0.15, 0.2) is 5.65 Å². The van der Waals surface area contributed by atoms with Gasteiger partial charge >= 0.3 is 0 Å². The second kappa shape index (κ2) is 5.51. The fraction of sp³-hybridized carbons (Fsp3) is 0.571. The summed E-state index contributed by atoms with van der Waals surface area (Å²) < 4.78 is 27.5. The molecule has 0 spiro atoms. The summed E-state index contributed by atoms with van der Waals surface area (Å²) in [6.45, 7) is 3.98. The predicted molar refractivity (Wildman–Crippen MR) is 83.3 cm³/mol. The molecular weight excluding hydrogens is 304 g/mol. The Morgan fingerprint density at radius 2 is 2.14 bits per heavy atom. The standard InChI is InChI=1S/C14H20N4O3S/c1-3-22(20,21)17-7-5-4-6-12(17)11-9-14(19)18-13(15-11)8-10(2)16-18/h8-9,12,16H,3-7H2,1-2H3/t12-/m1/s1. The average molecular weight is 324 g/mol. The fourth-order valence-corrected chi connectivity index (χ4v) is 4.34. The van der Waals surface area contributed by atoms with Gasteiger partial charge in [-0.3, -0.25) is 9.89 Å². The van der Waals surface area contributed by atoms with Gasteiger partial charge < -0.3 is 0 Å². The molecule has 1 aliphatic heterocycles. The molecule has 0 unspecified atom stereocenters. The number of aryl methyl sites for hydroxylation is 1. The zero-order chi connectivity index (χ0) is 15.9. The van der Waals surface area contributed by atoms with Gasteiger partial charge in [0, 0.05) is 24.4 Å². The molecule has 0 amide bonds. The molecule has 7 nitrogen and oxygen atoms in total. The lowest BCUT2D eigenvalue weighted by atomic mass is 10.0. The van der Waals surface area contributed by atoms with Crippen molar-refractivity contribution >= 4 is 15.7 Å². The maximum Gasteiger partial charge on any atom is 0.272 e.